The summed E-state index contributed by atoms with van der Waals surface area (Å²) < 4.78 is 10.4. The Balaban J connectivity index is 3.06. The van der Waals surface area contributed by atoms with Crippen molar-refractivity contribution in [2.24, 2.45) is 0 Å². The van der Waals surface area contributed by atoms with Gasteiger partial charge in [0.15, 0.2) is 0 Å². The average Bonchev–Trinajstić information content (AvgIpc) is 2.03. The Bertz CT molecular complexity index is 109. The number of nitrogens with one attached hydrogen (secondary N) is 1. The summed E-state index contributed by atoms with van der Waals surface area (Å²) in [5.74, 6) is 0. The molecular formula is C9H21NO3. The Hall–Kier alpha value is -0.160. The minimum absolute atomic E-state index is 0.242. The molecule has 13 heavy (non-hydrogen) atoms. The lowest BCUT2D eigenvalue weighted by Crippen LogP contribution is -2.28. The van der Waals surface area contributed by atoms with Crippen LogP contribution in [0.5, 0.6) is 0 Å². The summed E-state index contributed by atoms with van der Waals surface area (Å²) in [6.45, 7) is 6.02. The van der Waals surface area contributed by atoms with Crippen LogP contribution in [0.2, 0.25) is 0 Å². The van der Waals surface area contributed by atoms with E-state index in [9.17, 15) is 5.11 Å². The van der Waals surface area contributed by atoms with Crippen molar-refractivity contribution < 1.29 is 14.6 Å². The molecule has 0 aliphatic carbocycles. The van der Waals surface area contributed by atoms with Gasteiger partial charge in [0.05, 0.1) is 32.0 Å². The Morgan fingerprint density at radius 2 is 2.00 bits per heavy atom. The predicted molar refractivity (Wildman–Crippen MR) is 51.8 cm³/mol. The van der Waals surface area contributed by atoms with Crippen LogP contribution < -0.4 is 5.32 Å². The molecule has 0 aliphatic rings. The quantitative estimate of drug-likeness (QED) is 0.531. The van der Waals surface area contributed by atoms with Crippen molar-refractivity contribution in [3.05, 3.63) is 0 Å². The Morgan fingerprint density at radius 3 is 2.54 bits per heavy atom. The molecule has 0 spiro atoms. The molecule has 0 aromatic rings. The van der Waals surface area contributed by atoms with Crippen molar-refractivity contribution in [3.63, 3.8) is 0 Å². The minimum Gasteiger partial charge on any atom is -0.389 e. The van der Waals surface area contributed by atoms with E-state index in [-0.39, 0.29) is 6.10 Å². The lowest BCUT2D eigenvalue weighted by Gasteiger charge is -2.11. The number of hydrogen-bond acceptors (Lipinski definition) is 4. The molecule has 0 amide bonds. The number of aliphatic hydroxyl groups is 1. The molecule has 2 N–H and O–H groups in total. The normalized spacial score (nSPS) is 13.6. The molecular weight excluding hydrogens is 170 g/mol. The fourth-order valence-corrected chi connectivity index (χ4v) is 0.857. The Labute approximate surface area is 80.2 Å². The van der Waals surface area contributed by atoms with Crippen molar-refractivity contribution >= 4 is 0 Å². The second kappa shape index (κ2) is 8.44. The highest BCUT2D eigenvalue weighted by molar-refractivity contribution is 4.54. The molecule has 0 saturated carbocycles. The number of ether oxygens (including phenoxy) is 2. The fourth-order valence-electron chi connectivity index (χ4n) is 0.857. The van der Waals surface area contributed by atoms with Crippen molar-refractivity contribution in [1.29, 1.82) is 0 Å². The molecule has 1 atom stereocenters. The monoisotopic (exact) mass is 191 g/mol. The van der Waals surface area contributed by atoms with Gasteiger partial charge in [-0.1, -0.05) is 0 Å². The molecule has 0 bridgehead atoms. The molecule has 0 aliphatic heterocycles. The molecule has 0 fully saturated rings. The first-order chi connectivity index (χ1) is 6.16. The SMILES string of the molecule is CNC[C@@H](O)COCCOC(C)C. The highest BCUT2D eigenvalue weighted by Crippen LogP contribution is 1.88. The maximum Gasteiger partial charge on any atom is 0.0897 e. The largest absolute Gasteiger partial charge is 0.389 e. The van der Waals surface area contributed by atoms with Gasteiger partial charge in [-0.3, -0.25) is 0 Å². The van der Waals surface area contributed by atoms with Crippen molar-refractivity contribution in [3.8, 4) is 0 Å². The number of rotatable bonds is 8. The number of hydrogen-bond donors (Lipinski definition) is 2. The summed E-state index contributed by atoms with van der Waals surface area (Å²) in [6.07, 6.45) is -0.185. The first-order valence-corrected chi connectivity index (χ1v) is 4.68. The third-order valence-electron chi connectivity index (χ3n) is 1.43. The molecule has 80 valence electrons. The van der Waals surface area contributed by atoms with Crippen LogP contribution in [0.4, 0.5) is 0 Å². The van der Waals surface area contributed by atoms with Gasteiger partial charge in [-0.15, -0.1) is 0 Å². The maximum absolute atomic E-state index is 9.23. The summed E-state index contributed by atoms with van der Waals surface area (Å²) in [5.41, 5.74) is 0. The van der Waals surface area contributed by atoms with E-state index in [0.717, 1.165) is 0 Å². The minimum atomic E-state index is -0.427. The number of aliphatic hydroxyl groups excluding tert-OH is 1. The topological polar surface area (TPSA) is 50.7 Å². The van der Waals surface area contributed by atoms with E-state index < -0.39 is 6.10 Å². The summed E-state index contributed by atoms with van der Waals surface area (Å²) >= 11 is 0. The van der Waals surface area contributed by atoms with E-state index in [1.807, 2.05) is 13.8 Å². The molecule has 4 heteroatoms. The van der Waals surface area contributed by atoms with E-state index in [2.05, 4.69) is 5.32 Å². The summed E-state index contributed by atoms with van der Waals surface area (Å²) in [5, 5.41) is 12.1. The zero-order valence-electron chi connectivity index (χ0n) is 8.75. The van der Waals surface area contributed by atoms with Gasteiger partial charge in [0.2, 0.25) is 0 Å². The molecule has 0 heterocycles. The van der Waals surface area contributed by atoms with Crippen LogP contribution in [0.15, 0.2) is 0 Å². The molecule has 0 unspecified atom stereocenters. The van der Waals surface area contributed by atoms with Crippen molar-refractivity contribution in [2.45, 2.75) is 26.1 Å². The van der Waals surface area contributed by atoms with Crippen molar-refractivity contribution in [2.75, 3.05) is 33.4 Å². The summed E-state index contributed by atoms with van der Waals surface area (Å²) in [7, 11) is 1.80. The highest BCUT2D eigenvalue weighted by atomic mass is 16.5. The molecule has 0 saturated heterocycles. The van der Waals surface area contributed by atoms with Crippen LogP contribution in [-0.2, 0) is 9.47 Å². The second-order valence-corrected chi connectivity index (χ2v) is 3.21. The van der Waals surface area contributed by atoms with E-state index in [1.54, 1.807) is 7.05 Å². The van der Waals surface area contributed by atoms with Gasteiger partial charge in [0.25, 0.3) is 0 Å². The first-order valence-electron chi connectivity index (χ1n) is 4.68. The number of likely N-dealkylation sites (N-methyl/N-ethyl adjacent to an activating group) is 1. The van der Waals surface area contributed by atoms with Gasteiger partial charge in [0.1, 0.15) is 0 Å². The molecule has 0 radical (unpaired) electrons. The maximum atomic E-state index is 9.23. The van der Waals surface area contributed by atoms with Gasteiger partial charge in [0, 0.05) is 6.54 Å². The van der Waals surface area contributed by atoms with Crippen LogP contribution in [0.1, 0.15) is 13.8 Å². The molecule has 4 nitrogen and oxygen atoms in total. The third kappa shape index (κ3) is 9.76. The van der Waals surface area contributed by atoms with Gasteiger partial charge >= 0.3 is 0 Å². The fraction of sp³-hybridized carbons (Fsp3) is 1.00. The van der Waals surface area contributed by atoms with Gasteiger partial charge in [-0.05, 0) is 20.9 Å². The predicted octanol–water partition coefficient (Wildman–Crippen LogP) is 0.00830. The smallest absolute Gasteiger partial charge is 0.0897 e. The van der Waals surface area contributed by atoms with Gasteiger partial charge < -0.3 is 19.9 Å². The van der Waals surface area contributed by atoms with E-state index in [0.29, 0.717) is 26.4 Å². The highest BCUT2D eigenvalue weighted by Gasteiger charge is 2.01. The van der Waals surface area contributed by atoms with Crippen LogP contribution in [-0.4, -0.2) is 50.7 Å². The lowest BCUT2D eigenvalue weighted by atomic mass is 10.4. The van der Waals surface area contributed by atoms with Crippen LogP contribution in [0.3, 0.4) is 0 Å². The van der Waals surface area contributed by atoms with Gasteiger partial charge in [-0.2, -0.15) is 0 Å². The lowest BCUT2D eigenvalue weighted by molar-refractivity contribution is -0.00957. The molecule has 0 aromatic heterocycles. The van der Waals surface area contributed by atoms with E-state index >= 15 is 0 Å². The standard InChI is InChI=1S/C9H21NO3/c1-8(2)13-5-4-12-7-9(11)6-10-3/h8-11H,4-7H2,1-3H3/t9-/m1/s1. The van der Waals surface area contributed by atoms with Gasteiger partial charge in [-0.25, -0.2) is 0 Å². The van der Waals surface area contributed by atoms with Crippen LogP contribution in [0, 0.1) is 0 Å². The Kier molecular flexibility index (Phi) is 8.33. The van der Waals surface area contributed by atoms with E-state index in [1.165, 1.54) is 0 Å². The van der Waals surface area contributed by atoms with Crippen LogP contribution >= 0.6 is 0 Å². The summed E-state index contributed by atoms with van der Waals surface area (Å²) in [4.78, 5) is 0. The molecule has 0 rings (SSSR count). The van der Waals surface area contributed by atoms with Crippen molar-refractivity contribution in [1.82, 2.24) is 5.32 Å². The Morgan fingerprint density at radius 1 is 1.31 bits per heavy atom. The average molecular weight is 191 g/mol. The summed E-state index contributed by atoms with van der Waals surface area (Å²) in [6, 6.07) is 0. The molecule has 0 aromatic carbocycles. The third-order valence-corrected chi connectivity index (χ3v) is 1.43. The zero-order valence-corrected chi connectivity index (χ0v) is 8.75. The zero-order chi connectivity index (χ0) is 10.1. The first kappa shape index (κ1) is 12.8. The van der Waals surface area contributed by atoms with E-state index in [4.69, 9.17) is 9.47 Å². The second-order valence-electron chi connectivity index (χ2n) is 3.21. The van der Waals surface area contributed by atoms with Crippen LogP contribution in [0.25, 0.3) is 0 Å².